The molecule has 18 heavy (non-hydrogen) atoms. The van der Waals surface area contributed by atoms with Crippen LogP contribution in [0.1, 0.15) is 29.4 Å². The zero-order chi connectivity index (χ0) is 13.5. The molecule has 1 aromatic heterocycles. The van der Waals surface area contributed by atoms with Crippen LogP contribution in [0.15, 0.2) is 12.1 Å². The summed E-state index contributed by atoms with van der Waals surface area (Å²) >= 11 is 0. The molecule has 0 saturated carbocycles. The fourth-order valence-corrected chi connectivity index (χ4v) is 1.47. The van der Waals surface area contributed by atoms with Crippen molar-refractivity contribution in [3.63, 3.8) is 0 Å². The van der Waals surface area contributed by atoms with E-state index in [2.05, 4.69) is 15.6 Å². The van der Waals surface area contributed by atoms with Gasteiger partial charge in [-0.1, -0.05) is 0 Å². The van der Waals surface area contributed by atoms with Crippen LogP contribution in [0.4, 0.5) is 5.82 Å². The van der Waals surface area contributed by atoms with E-state index in [1.807, 2.05) is 6.92 Å². The van der Waals surface area contributed by atoms with Crippen molar-refractivity contribution in [1.29, 1.82) is 0 Å². The van der Waals surface area contributed by atoms with E-state index in [-0.39, 0.29) is 11.5 Å². The minimum absolute atomic E-state index is 0.0453. The van der Waals surface area contributed by atoms with Crippen molar-refractivity contribution in [2.75, 3.05) is 18.4 Å². The molecule has 0 aliphatic heterocycles. The topological polar surface area (TPSA) is 91.3 Å². The van der Waals surface area contributed by atoms with Gasteiger partial charge in [-0.15, -0.1) is 0 Å². The Kier molecular flexibility index (Phi) is 5.10. The van der Waals surface area contributed by atoms with Gasteiger partial charge in [-0.3, -0.25) is 4.79 Å². The van der Waals surface area contributed by atoms with E-state index in [1.54, 1.807) is 6.92 Å². The number of rotatable bonds is 6. The molecule has 1 heterocycles. The highest BCUT2D eigenvalue weighted by Crippen LogP contribution is 2.10. The Balaban J connectivity index is 2.57. The Morgan fingerprint density at radius 3 is 2.72 bits per heavy atom. The summed E-state index contributed by atoms with van der Waals surface area (Å²) in [6, 6.07) is 2.95. The van der Waals surface area contributed by atoms with Crippen molar-refractivity contribution in [2.24, 2.45) is 0 Å². The molecule has 0 aliphatic rings. The second-order valence-electron chi connectivity index (χ2n) is 3.82. The first kappa shape index (κ1) is 14.0. The maximum absolute atomic E-state index is 11.2. The second kappa shape index (κ2) is 6.58. The Labute approximate surface area is 105 Å². The Morgan fingerprint density at radius 2 is 2.11 bits per heavy atom. The summed E-state index contributed by atoms with van der Waals surface area (Å²) in [5, 5.41) is 14.5. The molecule has 0 bridgehead atoms. The maximum Gasteiger partial charge on any atom is 0.335 e. The summed E-state index contributed by atoms with van der Waals surface area (Å²) in [6.45, 7) is 4.60. The largest absolute Gasteiger partial charge is 0.478 e. The number of pyridine rings is 1. The predicted octanol–water partition coefficient (Wildman–Crippen LogP) is 1.03. The number of nitrogens with zero attached hydrogens (tertiary/aromatic N) is 1. The summed E-state index contributed by atoms with van der Waals surface area (Å²) in [6.07, 6.45) is 0.325. The molecule has 3 N–H and O–H groups in total. The standard InChI is InChI=1S/C12H17N3O3/c1-3-13-11(16)4-5-14-10-7-9(12(17)18)6-8(2)15-10/h6-7H,3-5H2,1-2H3,(H,13,16)(H,14,15)(H,17,18). The van der Waals surface area contributed by atoms with Gasteiger partial charge in [0.1, 0.15) is 5.82 Å². The van der Waals surface area contributed by atoms with E-state index in [1.165, 1.54) is 12.1 Å². The van der Waals surface area contributed by atoms with Crippen LogP contribution in [0.2, 0.25) is 0 Å². The minimum Gasteiger partial charge on any atom is -0.478 e. The number of aryl methyl sites for hydroxylation is 1. The van der Waals surface area contributed by atoms with Crippen LogP contribution in [-0.4, -0.2) is 35.1 Å². The normalized spacial score (nSPS) is 9.89. The van der Waals surface area contributed by atoms with Gasteiger partial charge in [-0.2, -0.15) is 0 Å². The first-order chi connectivity index (χ1) is 8.52. The number of anilines is 1. The Morgan fingerprint density at radius 1 is 1.39 bits per heavy atom. The van der Waals surface area contributed by atoms with Gasteiger partial charge in [0.05, 0.1) is 5.56 Å². The lowest BCUT2D eigenvalue weighted by atomic mass is 10.2. The first-order valence-corrected chi connectivity index (χ1v) is 5.75. The zero-order valence-corrected chi connectivity index (χ0v) is 10.5. The van der Waals surface area contributed by atoms with Crippen molar-refractivity contribution >= 4 is 17.7 Å². The van der Waals surface area contributed by atoms with Crippen molar-refractivity contribution < 1.29 is 14.7 Å². The molecule has 1 aromatic rings. The van der Waals surface area contributed by atoms with E-state index < -0.39 is 5.97 Å². The third-order valence-electron chi connectivity index (χ3n) is 2.23. The fraction of sp³-hybridized carbons (Fsp3) is 0.417. The lowest BCUT2D eigenvalue weighted by Gasteiger charge is -2.07. The average molecular weight is 251 g/mol. The highest BCUT2D eigenvalue weighted by atomic mass is 16.4. The van der Waals surface area contributed by atoms with Crippen LogP contribution < -0.4 is 10.6 Å². The molecule has 6 nitrogen and oxygen atoms in total. The molecule has 0 radical (unpaired) electrons. The molecule has 0 atom stereocenters. The van der Waals surface area contributed by atoms with E-state index in [0.717, 1.165) is 0 Å². The van der Waals surface area contributed by atoms with Gasteiger partial charge in [-0.05, 0) is 26.0 Å². The first-order valence-electron chi connectivity index (χ1n) is 5.75. The monoisotopic (exact) mass is 251 g/mol. The second-order valence-corrected chi connectivity index (χ2v) is 3.82. The number of carbonyl (C=O) groups excluding carboxylic acids is 1. The predicted molar refractivity (Wildman–Crippen MR) is 67.7 cm³/mol. The highest BCUT2D eigenvalue weighted by molar-refractivity contribution is 5.88. The number of hydrogen-bond acceptors (Lipinski definition) is 4. The molecule has 0 spiro atoms. The van der Waals surface area contributed by atoms with Gasteiger partial charge in [0.25, 0.3) is 0 Å². The van der Waals surface area contributed by atoms with Crippen LogP contribution in [0.5, 0.6) is 0 Å². The van der Waals surface area contributed by atoms with Crippen molar-refractivity contribution in [2.45, 2.75) is 20.3 Å². The van der Waals surface area contributed by atoms with Crippen molar-refractivity contribution in [3.8, 4) is 0 Å². The number of carboxylic acids is 1. The molecule has 0 fully saturated rings. The number of nitrogens with one attached hydrogen (secondary N) is 2. The van der Waals surface area contributed by atoms with Crippen LogP contribution >= 0.6 is 0 Å². The lowest BCUT2D eigenvalue weighted by Crippen LogP contribution is -2.24. The number of amides is 1. The number of aromatic carboxylic acids is 1. The van der Waals surface area contributed by atoms with Crippen LogP contribution in [0.3, 0.4) is 0 Å². The molecule has 0 unspecified atom stereocenters. The molecule has 0 saturated heterocycles. The van der Waals surface area contributed by atoms with Crippen LogP contribution in [0.25, 0.3) is 0 Å². The van der Waals surface area contributed by atoms with Crippen molar-refractivity contribution in [1.82, 2.24) is 10.3 Å². The Bertz CT molecular complexity index is 446. The zero-order valence-electron chi connectivity index (χ0n) is 10.5. The quantitative estimate of drug-likeness (QED) is 0.702. The van der Waals surface area contributed by atoms with E-state index in [0.29, 0.717) is 31.0 Å². The summed E-state index contributed by atoms with van der Waals surface area (Å²) in [5.74, 6) is -0.569. The average Bonchev–Trinajstić information content (AvgIpc) is 2.28. The molecule has 0 aromatic carbocycles. The fourth-order valence-electron chi connectivity index (χ4n) is 1.47. The SMILES string of the molecule is CCNC(=O)CCNc1cc(C(=O)O)cc(C)n1. The van der Waals surface area contributed by atoms with Gasteiger partial charge in [0.2, 0.25) is 5.91 Å². The molecule has 6 heteroatoms. The van der Waals surface area contributed by atoms with E-state index in [4.69, 9.17) is 5.11 Å². The van der Waals surface area contributed by atoms with E-state index >= 15 is 0 Å². The smallest absolute Gasteiger partial charge is 0.335 e. The van der Waals surface area contributed by atoms with Crippen LogP contribution in [0, 0.1) is 6.92 Å². The highest BCUT2D eigenvalue weighted by Gasteiger charge is 2.06. The number of carbonyl (C=O) groups is 2. The van der Waals surface area contributed by atoms with Gasteiger partial charge in [0, 0.05) is 25.2 Å². The van der Waals surface area contributed by atoms with Gasteiger partial charge >= 0.3 is 5.97 Å². The molecule has 0 aliphatic carbocycles. The maximum atomic E-state index is 11.2. The molecule has 1 rings (SSSR count). The molecule has 98 valence electrons. The van der Waals surface area contributed by atoms with Crippen molar-refractivity contribution in [3.05, 3.63) is 23.4 Å². The number of aromatic nitrogens is 1. The minimum atomic E-state index is -0.993. The van der Waals surface area contributed by atoms with Crippen LogP contribution in [-0.2, 0) is 4.79 Å². The van der Waals surface area contributed by atoms with Gasteiger partial charge in [-0.25, -0.2) is 9.78 Å². The molecule has 1 amide bonds. The summed E-state index contributed by atoms with van der Waals surface area (Å²) in [4.78, 5) is 26.2. The number of carboxylic acid groups (broad SMARTS) is 1. The molecular formula is C12H17N3O3. The van der Waals surface area contributed by atoms with E-state index in [9.17, 15) is 9.59 Å². The third-order valence-corrected chi connectivity index (χ3v) is 2.23. The number of hydrogen-bond donors (Lipinski definition) is 3. The summed E-state index contributed by atoms with van der Waals surface area (Å²) < 4.78 is 0. The summed E-state index contributed by atoms with van der Waals surface area (Å²) in [7, 11) is 0. The van der Waals surface area contributed by atoms with Gasteiger partial charge < -0.3 is 15.7 Å². The Hall–Kier alpha value is -2.11. The summed E-state index contributed by atoms with van der Waals surface area (Å²) in [5.41, 5.74) is 0.804. The third kappa shape index (κ3) is 4.40. The molecular weight excluding hydrogens is 234 g/mol. The lowest BCUT2D eigenvalue weighted by molar-refractivity contribution is -0.120. The van der Waals surface area contributed by atoms with Gasteiger partial charge in [0.15, 0.2) is 0 Å².